The average molecular weight is 270 g/mol. The fourth-order valence-electron chi connectivity index (χ4n) is 2.82. The highest BCUT2D eigenvalue weighted by Gasteiger charge is 2.38. The van der Waals surface area contributed by atoms with Gasteiger partial charge in [-0.05, 0) is 16.3 Å². The number of hydrogen-bond donors (Lipinski definition) is 1. The van der Waals surface area contributed by atoms with Crippen molar-refractivity contribution in [3.05, 3.63) is 58.1 Å². The molecule has 102 valence electrons. The van der Waals surface area contributed by atoms with E-state index in [1.165, 1.54) is 0 Å². The van der Waals surface area contributed by atoms with Crippen LogP contribution in [0.1, 0.15) is 24.4 Å². The number of nitro groups is 1. The summed E-state index contributed by atoms with van der Waals surface area (Å²) in [6.07, 6.45) is 0.500. The van der Waals surface area contributed by atoms with Crippen molar-refractivity contribution in [1.29, 1.82) is 0 Å². The molecule has 2 aromatic carbocycles. The van der Waals surface area contributed by atoms with Crippen molar-refractivity contribution in [2.75, 3.05) is 0 Å². The van der Waals surface area contributed by atoms with E-state index in [4.69, 9.17) is 0 Å². The van der Waals surface area contributed by atoms with Crippen molar-refractivity contribution in [2.45, 2.75) is 24.9 Å². The predicted molar refractivity (Wildman–Crippen MR) is 74.8 cm³/mol. The van der Waals surface area contributed by atoms with Gasteiger partial charge in [-0.2, -0.15) is 0 Å². The van der Waals surface area contributed by atoms with Crippen LogP contribution in [0.25, 0.3) is 10.8 Å². The Morgan fingerprint density at radius 1 is 1.15 bits per heavy atom. The van der Waals surface area contributed by atoms with Gasteiger partial charge < -0.3 is 5.32 Å². The zero-order valence-corrected chi connectivity index (χ0v) is 10.8. The number of benzene rings is 2. The zero-order chi connectivity index (χ0) is 14.1. The van der Waals surface area contributed by atoms with Crippen molar-refractivity contribution in [3.63, 3.8) is 0 Å². The Morgan fingerprint density at radius 2 is 1.90 bits per heavy atom. The summed E-state index contributed by atoms with van der Waals surface area (Å²) in [5.74, 6) is -0.124. The Bertz CT molecular complexity index is 678. The molecule has 1 heterocycles. The predicted octanol–water partition coefficient (Wildman–Crippen LogP) is 2.44. The number of piperidine rings is 1. The molecule has 0 spiro atoms. The smallest absolute Gasteiger partial charge is 0.237 e. The van der Waals surface area contributed by atoms with Crippen LogP contribution in [-0.2, 0) is 4.79 Å². The number of nitrogens with zero attached hydrogens (tertiary/aromatic N) is 1. The fourth-order valence-corrected chi connectivity index (χ4v) is 2.82. The summed E-state index contributed by atoms with van der Waals surface area (Å²) in [4.78, 5) is 22.6. The molecule has 1 aliphatic rings. The summed E-state index contributed by atoms with van der Waals surface area (Å²) >= 11 is 0. The molecule has 0 aliphatic carbocycles. The van der Waals surface area contributed by atoms with Crippen LogP contribution in [0.2, 0.25) is 0 Å². The number of amides is 1. The van der Waals surface area contributed by atoms with Crippen LogP contribution < -0.4 is 5.32 Å². The van der Waals surface area contributed by atoms with Gasteiger partial charge in [-0.25, -0.2) is 0 Å². The molecule has 0 saturated carbocycles. The zero-order valence-electron chi connectivity index (χ0n) is 10.8. The first kappa shape index (κ1) is 12.6. The summed E-state index contributed by atoms with van der Waals surface area (Å²) in [5, 5.41) is 16.0. The number of carbonyl (C=O) groups is 1. The molecule has 1 N–H and O–H groups in total. The Kier molecular flexibility index (Phi) is 3.10. The van der Waals surface area contributed by atoms with Crippen molar-refractivity contribution < 1.29 is 9.72 Å². The lowest BCUT2D eigenvalue weighted by atomic mass is 9.89. The van der Waals surface area contributed by atoms with E-state index in [9.17, 15) is 14.9 Å². The van der Waals surface area contributed by atoms with Crippen molar-refractivity contribution in [2.24, 2.45) is 0 Å². The van der Waals surface area contributed by atoms with E-state index in [1.807, 2.05) is 42.5 Å². The summed E-state index contributed by atoms with van der Waals surface area (Å²) in [6, 6.07) is 12.1. The molecule has 5 nitrogen and oxygen atoms in total. The van der Waals surface area contributed by atoms with E-state index in [1.54, 1.807) is 0 Å². The molecule has 2 atom stereocenters. The van der Waals surface area contributed by atoms with Gasteiger partial charge in [0.25, 0.3) is 0 Å². The van der Waals surface area contributed by atoms with Crippen molar-refractivity contribution in [1.82, 2.24) is 5.32 Å². The van der Waals surface area contributed by atoms with Crippen LogP contribution in [0.15, 0.2) is 42.5 Å². The summed E-state index contributed by atoms with van der Waals surface area (Å²) < 4.78 is 0. The minimum Gasteiger partial charge on any atom is -0.343 e. The van der Waals surface area contributed by atoms with Crippen LogP contribution >= 0.6 is 0 Å². The minimum absolute atomic E-state index is 0.124. The van der Waals surface area contributed by atoms with Crippen LogP contribution in [0.3, 0.4) is 0 Å². The quantitative estimate of drug-likeness (QED) is 0.673. The molecule has 1 amide bonds. The van der Waals surface area contributed by atoms with Gasteiger partial charge in [0, 0.05) is 17.8 Å². The highest BCUT2D eigenvalue weighted by Crippen LogP contribution is 2.31. The number of rotatable bonds is 2. The maximum Gasteiger partial charge on any atom is 0.237 e. The molecule has 5 heteroatoms. The normalized spacial score (nSPS) is 22.5. The SMILES string of the molecule is O=C1CC[C@H]([N+](=O)[O-])[C@H](c2cccc3ccccc23)N1. The molecule has 3 rings (SSSR count). The highest BCUT2D eigenvalue weighted by atomic mass is 16.6. The second kappa shape index (κ2) is 4.92. The largest absolute Gasteiger partial charge is 0.343 e. The van der Waals surface area contributed by atoms with Crippen LogP contribution in [0.4, 0.5) is 0 Å². The summed E-state index contributed by atoms with van der Waals surface area (Å²) in [7, 11) is 0. The third-order valence-electron chi connectivity index (χ3n) is 3.80. The Hall–Kier alpha value is -2.43. The third-order valence-corrected chi connectivity index (χ3v) is 3.80. The maximum absolute atomic E-state index is 11.6. The standard InChI is InChI=1S/C15H14N2O3/c18-14-9-8-13(17(19)20)15(16-14)12-7-3-5-10-4-1-2-6-11(10)12/h1-7,13,15H,8-9H2,(H,16,18)/t13-,15-/m0/s1. The summed E-state index contributed by atoms with van der Waals surface area (Å²) in [5.41, 5.74) is 0.817. The topological polar surface area (TPSA) is 72.2 Å². The lowest BCUT2D eigenvalue weighted by molar-refractivity contribution is -0.529. The molecule has 1 aliphatic heterocycles. The first-order valence-corrected chi connectivity index (χ1v) is 6.57. The molecule has 0 aromatic heterocycles. The molecule has 0 radical (unpaired) electrons. The summed E-state index contributed by atoms with van der Waals surface area (Å²) in [6.45, 7) is 0. The van der Waals surface area contributed by atoms with E-state index in [0.29, 0.717) is 0 Å². The molecular formula is C15H14N2O3. The van der Waals surface area contributed by atoms with Gasteiger partial charge in [0.2, 0.25) is 11.9 Å². The van der Waals surface area contributed by atoms with Crippen LogP contribution in [0, 0.1) is 10.1 Å². The van der Waals surface area contributed by atoms with E-state index in [0.717, 1.165) is 16.3 Å². The van der Waals surface area contributed by atoms with E-state index >= 15 is 0 Å². The van der Waals surface area contributed by atoms with Gasteiger partial charge in [-0.1, -0.05) is 42.5 Å². The van der Waals surface area contributed by atoms with Gasteiger partial charge in [-0.15, -0.1) is 0 Å². The lowest BCUT2D eigenvalue weighted by Gasteiger charge is -2.27. The molecule has 2 aromatic rings. The van der Waals surface area contributed by atoms with Crippen molar-refractivity contribution >= 4 is 16.7 Å². The molecule has 20 heavy (non-hydrogen) atoms. The van der Waals surface area contributed by atoms with Gasteiger partial charge in [0.1, 0.15) is 6.04 Å². The number of fused-ring (bicyclic) bond motifs is 1. The van der Waals surface area contributed by atoms with E-state index in [2.05, 4.69) is 5.32 Å². The Balaban J connectivity index is 2.12. The third kappa shape index (κ3) is 2.11. The number of hydrogen-bond acceptors (Lipinski definition) is 3. The maximum atomic E-state index is 11.6. The average Bonchev–Trinajstić information content (AvgIpc) is 2.46. The molecule has 1 saturated heterocycles. The second-order valence-electron chi connectivity index (χ2n) is 5.00. The molecule has 0 unspecified atom stereocenters. The molecule has 0 bridgehead atoms. The van der Waals surface area contributed by atoms with Gasteiger partial charge in [0.15, 0.2) is 0 Å². The first-order chi connectivity index (χ1) is 9.66. The second-order valence-corrected chi connectivity index (χ2v) is 5.00. The first-order valence-electron chi connectivity index (χ1n) is 6.57. The van der Waals surface area contributed by atoms with E-state index in [-0.39, 0.29) is 23.7 Å². The Morgan fingerprint density at radius 3 is 2.70 bits per heavy atom. The van der Waals surface area contributed by atoms with Crippen molar-refractivity contribution in [3.8, 4) is 0 Å². The minimum atomic E-state index is -0.765. The molecule has 1 fully saturated rings. The highest BCUT2D eigenvalue weighted by molar-refractivity contribution is 5.87. The monoisotopic (exact) mass is 270 g/mol. The fraction of sp³-hybridized carbons (Fsp3) is 0.267. The van der Waals surface area contributed by atoms with Gasteiger partial charge in [-0.3, -0.25) is 14.9 Å². The van der Waals surface area contributed by atoms with Crippen LogP contribution in [0.5, 0.6) is 0 Å². The Labute approximate surface area is 115 Å². The lowest BCUT2D eigenvalue weighted by Crippen LogP contribution is -2.45. The van der Waals surface area contributed by atoms with E-state index < -0.39 is 12.1 Å². The van der Waals surface area contributed by atoms with Crippen LogP contribution in [-0.4, -0.2) is 16.9 Å². The van der Waals surface area contributed by atoms with Gasteiger partial charge in [0.05, 0.1) is 0 Å². The number of carbonyl (C=O) groups excluding carboxylic acids is 1. The van der Waals surface area contributed by atoms with Gasteiger partial charge >= 0.3 is 0 Å². The number of nitrogens with one attached hydrogen (secondary N) is 1. The molecular weight excluding hydrogens is 256 g/mol.